The van der Waals surface area contributed by atoms with Crippen molar-refractivity contribution in [3.05, 3.63) is 53.9 Å². The van der Waals surface area contributed by atoms with Crippen LogP contribution in [0.3, 0.4) is 0 Å². The van der Waals surface area contributed by atoms with E-state index in [-0.39, 0.29) is 43.5 Å². The van der Waals surface area contributed by atoms with Crippen LogP contribution in [0.1, 0.15) is 66.9 Å². The van der Waals surface area contributed by atoms with E-state index < -0.39 is 6.04 Å². The van der Waals surface area contributed by atoms with Crippen molar-refractivity contribution in [2.75, 3.05) is 29.5 Å². The summed E-state index contributed by atoms with van der Waals surface area (Å²) in [6, 6.07) is 8.52. The first-order valence-corrected chi connectivity index (χ1v) is 12.9. The van der Waals surface area contributed by atoms with E-state index in [1.54, 1.807) is 47.6 Å². The first-order valence-electron chi connectivity index (χ1n) is 12.9. The molecule has 2 heterocycles. The quantitative estimate of drug-likeness (QED) is 0.522. The largest absolute Gasteiger partial charge is 0.394 e. The number of pyridine rings is 1. The van der Waals surface area contributed by atoms with Crippen molar-refractivity contribution in [1.82, 2.24) is 15.6 Å². The topological polar surface area (TPSA) is 115 Å². The van der Waals surface area contributed by atoms with Gasteiger partial charge in [-0.1, -0.05) is 25.3 Å². The number of nitrogens with zero attached hydrogens (tertiary/aromatic N) is 3. The fourth-order valence-corrected chi connectivity index (χ4v) is 5.16. The molecule has 2 aliphatic carbocycles. The molecule has 1 atom stereocenters. The minimum atomic E-state index is -0.607. The average molecular weight is 492 g/mol. The van der Waals surface area contributed by atoms with Crippen molar-refractivity contribution < 1.29 is 19.5 Å². The van der Waals surface area contributed by atoms with E-state index in [0.29, 0.717) is 28.5 Å². The number of hydrogen-bond acceptors (Lipinski definition) is 6. The van der Waals surface area contributed by atoms with Gasteiger partial charge in [0.2, 0.25) is 11.8 Å². The van der Waals surface area contributed by atoms with Gasteiger partial charge in [0.25, 0.3) is 5.91 Å². The van der Waals surface area contributed by atoms with Crippen molar-refractivity contribution in [1.29, 1.82) is 0 Å². The molecule has 9 heteroatoms. The van der Waals surface area contributed by atoms with Gasteiger partial charge in [0.1, 0.15) is 6.54 Å². The van der Waals surface area contributed by atoms with Crippen molar-refractivity contribution >= 4 is 29.1 Å². The Morgan fingerprint density at radius 2 is 1.89 bits per heavy atom. The summed E-state index contributed by atoms with van der Waals surface area (Å²) < 4.78 is 0. The van der Waals surface area contributed by atoms with Crippen LogP contribution in [0.15, 0.2) is 42.7 Å². The number of hydrogen-bond donors (Lipinski definition) is 3. The molecule has 3 N–H and O–H groups in total. The van der Waals surface area contributed by atoms with E-state index in [9.17, 15) is 19.5 Å². The van der Waals surface area contributed by atoms with E-state index in [1.807, 2.05) is 0 Å². The number of amides is 3. The molecule has 0 bridgehead atoms. The maximum atomic E-state index is 13.3. The highest BCUT2D eigenvalue weighted by Crippen LogP contribution is 2.41. The number of rotatable bonds is 8. The molecule has 0 radical (unpaired) electrons. The van der Waals surface area contributed by atoms with Crippen molar-refractivity contribution in [3.8, 4) is 0 Å². The van der Waals surface area contributed by atoms with Gasteiger partial charge in [0, 0.05) is 30.0 Å². The highest BCUT2D eigenvalue weighted by molar-refractivity contribution is 6.13. The van der Waals surface area contributed by atoms with Crippen LogP contribution in [0.5, 0.6) is 0 Å². The lowest BCUT2D eigenvalue weighted by Crippen LogP contribution is -2.51. The third-order valence-corrected chi connectivity index (χ3v) is 7.28. The lowest BCUT2D eigenvalue weighted by Gasteiger charge is -2.37. The molecule has 0 spiro atoms. The van der Waals surface area contributed by atoms with Crippen molar-refractivity contribution in [2.24, 2.45) is 0 Å². The third-order valence-electron chi connectivity index (χ3n) is 7.28. The Morgan fingerprint density at radius 3 is 2.58 bits per heavy atom. The van der Waals surface area contributed by atoms with Crippen LogP contribution in [0.25, 0.3) is 0 Å². The predicted octanol–water partition coefficient (Wildman–Crippen LogP) is 2.31. The molecule has 2 aromatic rings. The maximum Gasteiger partial charge on any atom is 0.251 e. The zero-order valence-electron chi connectivity index (χ0n) is 20.4. The van der Waals surface area contributed by atoms with E-state index in [1.165, 1.54) is 24.2 Å². The Hall–Kier alpha value is -3.30. The number of nitrogens with one attached hydrogen (secondary N) is 2. The van der Waals surface area contributed by atoms with Crippen LogP contribution in [0.2, 0.25) is 0 Å². The monoisotopic (exact) mass is 491 g/mol. The predicted molar refractivity (Wildman–Crippen MR) is 136 cm³/mol. The Bertz CT molecular complexity index is 1110. The van der Waals surface area contributed by atoms with Crippen LogP contribution in [-0.4, -0.2) is 59.6 Å². The normalized spacial score (nSPS) is 19.1. The molecule has 1 aromatic heterocycles. The Kier molecular flexibility index (Phi) is 7.29. The molecule has 1 aliphatic heterocycles. The molecule has 3 amide bonds. The first-order chi connectivity index (χ1) is 17.5. The number of carbonyl (C=O) groups excluding carboxylic acids is 3. The molecular formula is C27H33N5O4. The summed E-state index contributed by atoms with van der Waals surface area (Å²) in [7, 11) is 0. The second-order valence-corrected chi connectivity index (χ2v) is 9.89. The number of aliphatic hydroxyl groups excluding tert-OH is 1. The molecule has 2 saturated carbocycles. The average Bonchev–Trinajstić information content (AvgIpc) is 3.75. The second-order valence-electron chi connectivity index (χ2n) is 9.89. The Labute approximate surface area is 210 Å². The number of aromatic nitrogens is 1. The maximum absolute atomic E-state index is 13.3. The van der Waals surface area contributed by atoms with E-state index in [2.05, 4.69) is 15.6 Å². The van der Waals surface area contributed by atoms with E-state index >= 15 is 0 Å². The highest BCUT2D eigenvalue weighted by Gasteiger charge is 2.41. The smallest absolute Gasteiger partial charge is 0.251 e. The van der Waals surface area contributed by atoms with Crippen LogP contribution in [-0.2, 0) is 9.59 Å². The molecular weight excluding hydrogens is 458 g/mol. The zero-order chi connectivity index (χ0) is 25.1. The number of anilines is 2. The van der Waals surface area contributed by atoms with Gasteiger partial charge in [-0.3, -0.25) is 24.3 Å². The van der Waals surface area contributed by atoms with E-state index in [0.717, 1.165) is 25.7 Å². The summed E-state index contributed by atoms with van der Waals surface area (Å²) in [5.74, 6) is -0.639. The van der Waals surface area contributed by atoms with Gasteiger partial charge < -0.3 is 20.6 Å². The summed E-state index contributed by atoms with van der Waals surface area (Å²) in [4.78, 5) is 46.8. The lowest BCUT2D eigenvalue weighted by molar-refractivity contribution is -0.122. The summed E-state index contributed by atoms with van der Waals surface area (Å²) >= 11 is 0. The van der Waals surface area contributed by atoms with Gasteiger partial charge in [-0.2, -0.15) is 0 Å². The third kappa shape index (κ3) is 5.27. The minimum Gasteiger partial charge on any atom is -0.394 e. The van der Waals surface area contributed by atoms with Gasteiger partial charge >= 0.3 is 0 Å². The summed E-state index contributed by atoms with van der Waals surface area (Å²) in [5, 5.41) is 16.1. The number of fused-ring (bicyclic) bond motifs is 1. The van der Waals surface area contributed by atoms with Crippen LogP contribution >= 0.6 is 0 Å². The Balaban J connectivity index is 1.38. The number of aliphatic hydroxyl groups is 1. The minimum absolute atomic E-state index is 0.0330. The van der Waals surface area contributed by atoms with Crippen LogP contribution < -0.4 is 20.4 Å². The molecule has 5 rings (SSSR count). The van der Waals surface area contributed by atoms with Gasteiger partial charge in [0.15, 0.2) is 0 Å². The second kappa shape index (κ2) is 10.8. The summed E-state index contributed by atoms with van der Waals surface area (Å²) in [5.41, 5.74) is 2.30. The van der Waals surface area contributed by atoms with Crippen LogP contribution in [0, 0.1) is 0 Å². The molecule has 0 saturated heterocycles. The first kappa shape index (κ1) is 24.4. The molecule has 190 valence electrons. The zero-order valence-corrected chi connectivity index (χ0v) is 20.4. The SMILES string of the molecule is O=C(NC(CO)c1cccnc1)c1ccc2c(c1)N(C(=O)CNC1CCCCC1)CC(=O)N2C1CC1. The van der Waals surface area contributed by atoms with Crippen molar-refractivity contribution in [3.63, 3.8) is 0 Å². The number of carbonyl (C=O) groups is 3. The Morgan fingerprint density at radius 1 is 1.08 bits per heavy atom. The van der Waals surface area contributed by atoms with Gasteiger partial charge in [-0.05, 0) is 55.5 Å². The molecule has 3 aliphatic rings. The molecule has 36 heavy (non-hydrogen) atoms. The van der Waals surface area contributed by atoms with E-state index in [4.69, 9.17) is 0 Å². The number of benzene rings is 1. The molecule has 1 aromatic carbocycles. The summed E-state index contributed by atoms with van der Waals surface area (Å²) in [6.45, 7) is -0.149. The molecule has 2 fully saturated rings. The molecule has 1 unspecified atom stereocenters. The fourth-order valence-electron chi connectivity index (χ4n) is 5.16. The highest BCUT2D eigenvalue weighted by atomic mass is 16.3. The van der Waals surface area contributed by atoms with Gasteiger partial charge in [-0.25, -0.2) is 0 Å². The van der Waals surface area contributed by atoms with Gasteiger partial charge in [0.05, 0.1) is 30.6 Å². The summed E-state index contributed by atoms with van der Waals surface area (Å²) in [6.07, 6.45) is 10.8. The van der Waals surface area contributed by atoms with Gasteiger partial charge in [-0.15, -0.1) is 0 Å². The lowest BCUT2D eigenvalue weighted by atomic mass is 9.95. The van der Waals surface area contributed by atoms with Crippen molar-refractivity contribution in [2.45, 2.75) is 63.1 Å². The molecule has 9 nitrogen and oxygen atoms in total. The van der Waals surface area contributed by atoms with Crippen LogP contribution in [0.4, 0.5) is 11.4 Å². The fraction of sp³-hybridized carbons (Fsp3) is 0.481. The standard InChI is InChI=1S/C27H33N5O4/c33-17-22(19-5-4-12-28-14-19)30-27(36)18-8-11-23-24(13-18)31(16-26(35)32(23)21-9-10-21)25(34)15-29-20-6-2-1-3-7-20/h4-5,8,11-14,20-22,29,33H,1-3,6-7,9-10,15-17H2,(H,30,36).